The summed E-state index contributed by atoms with van der Waals surface area (Å²) in [5, 5.41) is 14.1. The zero-order chi connectivity index (χ0) is 14.2. The van der Waals surface area contributed by atoms with Crippen LogP contribution < -0.4 is 10.1 Å². The molecule has 4 nitrogen and oxygen atoms in total. The number of aliphatic hydroxyl groups is 1. The predicted molar refractivity (Wildman–Crippen MR) is 80.0 cm³/mol. The van der Waals surface area contributed by atoms with Crippen LogP contribution in [0, 0.1) is 0 Å². The highest BCUT2D eigenvalue weighted by Gasteiger charge is 2.40. The maximum Gasteiger partial charge on any atom is 0.124 e. The van der Waals surface area contributed by atoms with Crippen LogP contribution in [0.3, 0.4) is 0 Å². The van der Waals surface area contributed by atoms with Crippen molar-refractivity contribution >= 4 is 15.9 Å². The highest BCUT2D eigenvalue weighted by Crippen LogP contribution is 2.35. The van der Waals surface area contributed by atoms with Crippen molar-refractivity contribution in [2.45, 2.75) is 37.5 Å². The topological polar surface area (TPSA) is 50.7 Å². The number of hydrogen-bond donors (Lipinski definition) is 2. The van der Waals surface area contributed by atoms with Crippen molar-refractivity contribution in [3.05, 3.63) is 28.2 Å². The molecule has 0 aromatic heterocycles. The van der Waals surface area contributed by atoms with Crippen LogP contribution in [-0.4, -0.2) is 36.6 Å². The Hall–Kier alpha value is -0.620. The third-order valence-electron chi connectivity index (χ3n) is 4.33. The number of fused-ring (bicyclic) bond motifs is 1. The largest absolute Gasteiger partial charge is 0.493 e. The Morgan fingerprint density at radius 3 is 3.05 bits per heavy atom. The van der Waals surface area contributed by atoms with Gasteiger partial charge < -0.3 is 19.9 Å². The molecule has 0 amide bonds. The van der Waals surface area contributed by atoms with Crippen LogP contribution in [-0.2, 0) is 4.74 Å². The summed E-state index contributed by atoms with van der Waals surface area (Å²) in [6.07, 6.45) is 1.49. The molecule has 0 radical (unpaired) electrons. The molecule has 3 atom stereocenters. The van der Waals surface area contributed by atoms with Crippen molar-refractivity contribution < 1.29 is 14.6 Å². The molecule has 20 heavy (non-hydrogen) atoms. The van der Waals surface area contributed by atoms with E-state index < -0.39 is 5.60 Å². The first-order valence-corrected chi connectivity index (χ1v) is 7.87. The van der Waals surface area contributed by atoms with E-state index in [1.807, 2.05) is 19.1 Å². The summed E-state index contributed by atoms with van der Waals surface area (Å²) in [7, 11) is 0. The Bertz CT molecular complexity index is 496. The van der Waals surface area contributed by atoms with Gasteiger partial charge in [-0.25, -0.2) is 0 Å². The Kier molecular flexibility index (Phi) is 4.04. The van der Waals surface area contributed by atoms with Crippen molar-refractivity contribution in [2.24, 2.45) is 0 Å². The van der Waals surface area contributed by atoms with E-state index in [9.17, 15) is 5.11 Å². The lowest BCUT2D eigenvalue weighted by molar-refractivity contribution is -0.0283. The normalized spacial score (nSPS) is 32.8. The van der Waals surface area contributed by atoms with Gasteiger partial charge in [-0.15, -0.1) is 0 Å². The lowest BCUT2D eigenvalue weighted by atomic mass is 9.94. The third kappa shape index (κ3) is 2.72. The minimum Gasteiger partial charge on any atom is -0.493 e. The van der Waals surface area contributed by atoms with Crippen LogP contribution in [0.5, 0.6) is 5.75 Å². The van der Waals surface area contributed by atoms with Gasteiger partial charge in [0, 0.05) is 42.1 Å². The second-order valence-corrected chi connectivity index (χ2v) is 6.54. The molecule has 1 fully saturated rings. The van der Waals surface area contributed by atoms with Crippen molar-refractivity contribution in [1.29, 1.82) is 0 Å². The molecule has 1 aromatic carbocycles. The van der Waals surface area contributed by atoms with Gasteiger partial charge in [0.15, 0.2) is 0 Å². The molecule has 0 spiro atoms. The Labute approximate surface area is 127 Å². The van der Waals surface area contributed by atoms with E-state index in [2.05, 4.69) is 27.3 Å². The summed E-state index contributed by atoms with van der Waals surface area (Å²) in [6, 6.07) is 6.28. The Morgan fingerprint density at radius 2 is 2.30 bits per heavy atom. The molecule has 2 heterocycles. The van der Waals surface area contributed by atoms with E-state index in [4.69, 9.17) is 9.47 Å². The predicted octanol–water partition coefficient (Wildman–Crippen LogP) is 2.40. The monoisotopic (exact) mass is 341 g/mol. The number of benzene rings is 1. The molecule has 2 aliphatic rings. The van der Waals surface area contributed by atoms with Crippen molar-refractivity contribution in [3.63, 3.8) is 0 Å². The van der Waals surface area contributed by atoms with Gasteiger partial charge in [-0.2, -0.15) is 0 Å². The summed E-state index contributed by atoms with van der Waals surface area (Å²) in [5.74, 6) is 0.930. The molecular weight excluding hydrogens is 322 g/mol. The second kappa shape index (κ2) is 5.64. The molecule has 1 saturated heterocycles. The van der Waals surface area contributed by atoms with E-state index >= 15 is 0 Å². The summed E-state index contributed by atoms with van der Waals surface area (Å²) in [5.41, 5.74) is 0.394. The highest BCUT2D eigenvalue weighted by atomic mass is 79.9. The lowest BCUT2D eigenvalue weighted by Crippen LogP contribution is -2.47. The van der Waals surface area contributed by atoms with Gasteiger partial charge in [0.25, 0.3) is 0 Å². The highest BCUT2D eigenvalue weighted by molar-refractivity contribution is 9.10. The first-order valence-electron chi connectivity index (χ1n) is 7.08. The minimum atomic E-state index is -0.759. The molecule has 1 aromatic rings. The van der Waals surface area contributed by atoms with Gasteiger partial charge >= 0.3 is 0 Å². The number of rotatable bonds is 3. The van der Waals surface area contributed by atoms with Gasteiger partial charge in [0.05, 0.1) is 12.7 Å². The summed E-state index contributed by atoms with van der Waals surface area (Å²) in [6.45, 7) is 3.82. The number of halogens is 1. The number of hydrogen-bond acceptors (Lipinski definition) is 4. The quantitative estimate of drug-likeness (QED) is 0.886. The van der Waals surface area contributed by atoms with Crippen LogP contribution in [0.1, 0.15) is 31.4 Å². The Morgan fingerprint density at radius 1 is 1.45 bits per heavy atom. The SMILES string of the molecule is CC1OCCC1(O)CNC1CCOc2ccc(Br)cc21. The van der Waals surface area contributed by atoms with Gasteiger partial charge in [0.1, 0.15) is 11.4 Å². The molecule has 3 unspecified atom stereocenters. The average molecular weight is 342 g/mol. The summed E-state index contributed by atoms with van der Waals surface area (Å²) in [4.78, 5) is 0. The minimum absolute atomic E-state index is 0.114. The molecule has 3 rings (SSSR count). The van der Waals surface area contributed by atoms with Gasteiger partial charge in [-0.3, -0.25) is 0 Å². The molecule has 110 valence electrons. The van der Waals surface area contributed by atoms with E-state index in [1.54, 1.807) is 0 Å². The zero-order valence-electron chi connectivity index (χ0n) is 11.6. The molecule has 0 saturated carbocycles. The molecule has 2 N–H and O–H groups in total. The van der Waals surface area contributed by atoms with Gasteiger partial charge in [-0.05, 0) is 25.1 Å². The first-order chi connectivity index (χ1) is 9.58. The van der Waals surface area contributed by atoms with Gasteiger partial charge in [-0.1, -0.05) is 15.9 Å². The maximum atomic E-state index is 10.6. The van der Waals surface area contributed by atoms with E-state index in [0.717, 1.165) is 22.2 Å². The van der Waals surface area contributed by atoms with E-state index in [-0.39, 0.29) is 12.1 Å². The van der Waals surface area contributed by atoms with Crippen LogP contribution >= 0.6 is 15.9 Å². The van der Waals surface area contributed by atoms with Gasteiger partial charge in [0.2, 0.25) is 0 Å². The average Bonchev–Trinajstić information content (AvgIpc) is 2.77. The first kappa shape index (κ1) is 14.3. The van der Waals surface area contributed by atoms with Crippen LogP contribution in [0.4, 0.5) is 0 Å². The van der Waals surface area contributed by atoms with Crippen molar-refractivity contribution in [1.82, 2.24) is 5.32 Å². The number of ether oxygens (including phenoxy) is 2. The molecule has 0 bridgehead atoms. The Balaban J connectivity index is 1.72. The van der Waals surface area contributed by atoms with E-state index in [0.29, 0.717) is 26.2 Å². The molecule has 0 aliphatic carbocycles. The van der Waals surface area contributed by atoms with Crippen LogP contribution in [0.25, 0.3) is 0 Å². The maximum absolute atomic E-state index is 10.6. The van der Waals surface area contributed by atoms with Crippen LogP contribution in [0.15, 0.2) is 22.7 Å². The smallest absolute Gasteiger partial charge is 0.124 e. The lowest BCUT2D eigenvalue weighted by Gasteiger charge is -2.32. The molecule has 5 heteroatoms. The molecule has 2 aliphatic heterocycles. The fourth-order valence-corrected chi connectivity index (χ4v) is 3.26. The van der Waals surface area contributed by atoms with Crippen molar-refractivity contribution in [3.8, 4) is 5.75 Å². The molecular formula is C15H20BrNO3. The number of nitrogens with one attached hydrogen (secondary N) is 1. The van der Waals surface area contributed by atoms with Crippen molar-refractivity contribution in [2.75, 3.05) is 19.8 Å². The van der Waals surface area contributed by atoms with Crippen LogP contribution in [0.2, 0.25) is 0 Å². The second-order valence-electron chi connectivity index (χ2n) is 5.62. The summed E-state index contributed by atoms with van der Waals surface area (Å²) < 4.78 is 12.2. The summed E-state index contributed by atoms with van der Waals surface area (Å²) >= 11 is 3.50. The standard InChI is InChI=1S/C15H20BrNO3/c1-10-15(18,5-7-19-10)9-17-13-4-6-20-14-3-2-11(16)8-12(13)14/h2-3,8,10,13,17-18H,4-7,9H2,1H3. The fraction of sp³-hybridized carbons (Fsp3) is 0.600. The van der Waals surface area contributed by atoms with E-state index in [1.165, 1.54) is 0 Å². The fourth-order valence-electron chi connectivity index (χ4n) is 2.88. The zero-order valence-corrected chi connectivity index (χ0v) is 13.1. The third-order valence-corrected chi connectivity index (χ3v) is 4.82.